The molecule has 3 aromatic rings. The van der Waals surface area contributed by atoms with Gasteiger partial charge in [-0.15, -0.1) is 0 Å². The molecule has 2 atom stereocenters. The van der Waals surface area contributed by atoms with Crippen LogP contribution in [-0.4, -0.2) is 25.9 Å². The van der Waals surface area contributed by atoms with Crippen molar-refractivity contribution in [3.8, 4) is 0 Å². The van der Waals surface area contributed by atoms with E-state index in [4.69, 9.17) is 4.98 Å². The largest absolute Gasteiger partial charge is 0.289 e. The van der Waals surface area contributed by atoms with E-state index >= 15 is 0 Å². The van der Waals surface area contributed by atoms with Gasteiger partial charge in [-0.3, -0.25) is 9.88 Å². The second-order valence-electron chi connectivity index (χ2n) is 6.97. The van der Waals surface area contributed by atoms with E-state index in [1.54, 1.807) is 0 Å². The van der Waals surface area contributed by atoms with Crippen LogP contribution < -0.4 is 0 Å². The van der Waals surface area contributed by atoms with Crippen molar-refractivity contribution < 1.29 is 0 Å². The normalized spacial score (nSPS) is 22.7. The third-order valence-corrected chi connectivity index (χ3v) is 5.48. The molecule has 0 amide bonds. The van der Waals surface area contributed by atoms with Gasteiger partial charge in [0.2, 0.25) is 0 Å². The zero-order valence-electron chi connectivity index (χ0n) is 13.8. The lowest BCUT2D eigenvalue weighted by Gasteiger charge is -2.35. The van der Waals surface area contributed by atoms with Crippen LogP contribution in [0, 0.1) is 6.92 Å². The van der Waals surface area contributed by atoms with Gasteiger partial charge in [0, 0.05) is 48.4 Å². The molecule has 1 fully saturated rings. The fourth-order valence-electron chi connectivity index (χ4n) is 4.35. The zero-order chi connectivity index (χ0) is 16.1. The Kier molecular flexibility index (Phi) is 3.13. The van der Waals surface area contributed by atoms with Gasteiger partial charge >= 0.3 is 0 Å². The van der Waals surface area contributed by atoms with E-state index in [-0.39, 0.29) is 0 Å². The number of benzene rings is 1. The Morgan fingerprint density at radius 2 is 2.12 bits per heavy atom. The van der Waals surface area contributed by atoms with Gasteiger partial charge in [-0.2, -0.15) is 0 Å². The maximum absolute atomic E-state index is 4.69. The van der Waals surface area contributed by atoms with Crippen molar-refractivity contribution in [3.63, 3.8) is 0 Å². The zero-order valence-corrected chi connectivity index (χ0v) is 13.8. The summed E-state index contributed by atoms with van der Waals surface area (Å²) in [6, 6.07) is 11.9. The average Bonchev–Trinajstić information content (AvgIpc) is 2.87. The topological polar surface area (TPSA) is 41.9 Å². The Morgan fingerprint density at radius 1 is 1.17 bits per heavy atom. The van der Waals surface area contributed by atoms with Crippen molar-refractivity contribution in [2.45, 2.75) is 44.8 Å². The fourth-order valence-corrected chi connectivity index (χ4v) is 4.35. The maximum atomic E-state index is 4.69. The van der Waals surface area contributed by atoms with Gasteiger partial charge in [-0.05, 0) is 43.5 Å². The van der Waals surface area contributed by atoms with Crippen LogP contribution in [0.4, 0.5) is 0 Å². The predicted molar refractivity (Wildman–Crippen MR) is 93.5 cm³/mol. The first-order valence-corrected chi connectivity index (χ1v) is 8.70. The molecule has 1 saturated heterocycles. The van der Waals surface area contributed by atoms with Crippen molar-refractivity contribution in [2.24, 2.45) is 0 Å². The Labute approximate surface area is 141 Å². The van der Waals surface area contributed by atoms with Gasteiger partial charge in [0.1, 0.15) is 5.82 Å². The lowest BCUT2D eigenvalue weighted by Crippen LogP contribution is -2.37. The monoisotopic (exact) mass is 316 g/mol. The Morgan fingerprint density at radius 3 is 3.08 bits per heavy atom. The standard InChI is InChI=1S/C20H20N4/c1-13-22-11-17-19(23-13)10-16-5-7-20(17)24(16)12-14-4-6-18-15(9-14)3-2-8-21-18/h2-4,6,8-9,11,16,20H,5,7,10,12H2,1H3. The van der Waals surface area contributed by atoms with Crippen LogP contribution in [0.15, 0.2) is 42.7 Å². The van der Waals surface area contributed by atoms with E-state index in [9.17, 15) is 0 Å². The van der Waals surface area contributed by atoms with Gasteiger partial charge in [0.05, 0.1) is 11.2 Å². The molecule has 4 nitrogen and oxygen atoms in total. The molecule has 0 N–H and O–H groups in total. The maximum Gasteiger partial charge on any atom is 0.125 e. The highest BCUT2D eigenvalue weighted by molar-refractivity contribution is 5.78. The lowest BCUT2D eigenvalue weighted by molar-refractivity contribution is 0.166. The second-order valence-corrected chi connectivity index (χ2v) is 6.97. The fraction of sp³-hybridized carbons (Fsp3) is 0.350. The van der Waals surface area contributed by atoms with Crippen molar-refractivity contribution >= 4 is 10.9 Å². The number of pyridine rings is 1. The summed E-state index contributed by atoms with van der Waals surface area (Å²) in [7, 11) is 0. The lowest BCUT2D eigenvalue weighted by atomic mass is 9.98. The van der Waals surface area contributed by atoms with Crippen molar-refractivity contribution in [2.75, 3.05) is 0 Å². The van der Waals surface area contributed by atoms with Crippen LogP contribution in [0.5, 0.6) is 0 Å². The van der Waals surface area contributed by atoms with Gasteiger partial charge < -0.3 is 0 Å². The summed E-state index contributed by atoms with van der Waals surface area (Å²) in [4.78, 5) is 16.2. The van der Waals surface area contributed by atoms with Crippen LogP contribution in [0.2, 0.25) is 0 Å². The van der Waals surface area contributed by atoms with E-state index in [1.807, 2.05) is 19.2 Å². The van der Waals surface area contributed by atoms with Crippen LogP contribution >= 0.6 is 0 Å². The smallest absolute Gasteiger partial charge is 0.125 e. The predicted octanol–water partition coefficient (Wildman–Crippen LogP) is 3.60. The number of nitrogens with zero attached hydrogens (tertiary/aromatic N) is 4. The summed E-state index contributed by atoms with van der Waals surface area (Å²) >= 11 is 0. The van der Waals surface area contributed by atoms with Crippen LogP contribution in [-0.2, 0) is 13.0 Å². The molecule has 2 bridgehead atoms. The molecule has 0 spiro atoms. The van der Waals surface area contributed by atoms with Crippen LogP contribution in [0.3, 0.4) is 0 Å². The molecule has 0 radical (unpaired) electrons. The highest BCUT2D eigenvalue weighted by Crippen LogP contribution is 2.43. The minimum absolute atomic E-state index is 0.476. The molecule has 4 heterocycles. The number of hydrogen-bond acceptors (Lipinski definition) is 4. The number of aromatic nitrogens is 3. The molecule has 0 saturated carbocycles. The van der Waals surface area contributed by atoms with Crippen LogP contribution in [0.25, 0.3) is 10.9 Å². The average molecular weight is 316 g/mol. The number of rotatable bonds is 2. The van der Waals surface area contributed by atoms with E-state index < -0.39 is 0 Å². The number of hydrogen-bond donors (Lipinski definition) is 0. The van der Waals surface area contributed by atoms with Gasteiger partial charge in [-0.1, -0.05) is 12.1 Å². The molecule has 24 heavy (non-hydrogen) atoms. The molecule has 120 valence electrons. The summed E-state index contributed by atoms with van der Waals surface area (Å²) in [5.41, 5.74) is 5.05. The van der Waals surface area contributed by atoms with E-state index in [1.165, 1.54) is 35.0 Å². The van der Waals surface area contributed by atoms with Crippen LogP contribution in [0.1, 0.15) is 41.5 Å². The van der Waals surface area contributed by atoms with Crippen molar-refractivity contribution in [1.29, 1.82) is 0 Å². The second kappa shape index (κ2) is 5.35. The molecule has 1 aromatic carbocycles. The number of aryl methyl sites for hydroxylation is 1. The first kappa shape index (κ1) is 14.1. The summed E-state index contributed by atoms with van der Waals surface area (Å²) in [5.74, 6) is 0.892. The van der Waals surface area contributed by atoms with E-state index in [2.05, 4.69) is 45.3 Å². The molecule has 2 aromatic heterocycles. The SMILES string of the molecule is Cc1ncc2c(n1)CC1CCC2N1Cc1ccc2ncccc2c1. The van der Waals surface area contributed by atoms with E-state index in [0.29, 0.717) is 12.1 Å². The van der Waals surface area contributed by atoms with E-state index in [0.717, 1.165) is 24.3 Å². The Bertz CT molecular complexity index is 920. The molecule has 5 rings (SSSR count). The van der Waals surface area contributed by atoms with Gasteiger partial charge in [0.25, 0.3) is 0 Å². The summed E-state index contributed by atoms with van der Waals surface area (Å²) in [6.45, 7) is 2.98. The number of fused-ring (bicyclic) bond motifs is 5. The molecule has 2 aliphatic heterocycles. The quantitative estimate of drug-likeness (QED) is 0.724. The highest BCUT2D eigenvalue weighted by atomic mass is 15.2. The summed E-state index contributed by atoms with van der Waals surface area (Å²) in [5, 5.41) is 1.22. The molecular formula is C20H20N4. The third-order valence-electron chi connectivity index (χ3n) is 5.48. The third kappa shape index (κ3) is 2.21. The molecule has 4 heteroatoms. The summed E-state index contributed by atoms with van der Waals surface area (Å²) in [6.07, 6.45) is 7.45. The first-order valence-electron chi connectivity index (χ1n) is 8.70. The summed E-state index contributed by atoms with van der Waals surface area (Å²) < 4.78 is 0. The first-order chi connectivity index (χ1) is 11.8. The molecular weight excluding hydrogens is 296 g/mol. The minimum Gasteiger partial charge on any atom is -0.289 e. The van der Waals surface area contributed by atoms with Gasteiger partial charge in [0.15, 0.2) is 0 Å². The highest BCUT2D eigenvalue weighted by Gasteiger charge is 2.40. The Hall–Kier alpha value is -2.33. The Balaban J connectivity index is 1.48. The minimum atomic E-state index is 0.476. The van der Waals surface area contributed by atoms with Gasteiger partial charge in [-0.25, -0.2) is 9.97 Å². The van der Waals surface area contributed by atoms with Crippen molar-refractivity contribution in [1.82, 2.24) is 19.9 Å². The van der Waals surface area contributed by atoms with Crippen molar-refractivity contribution in [3.05, 3.63) is 65.4 Å². The molecule has 2 aliphatic rings. The molecule has 0 aliphatic carbocycles. The molecule has 2 unspecified atom stereocenters.